The van der Waals surface area contributed by atoms with Crippen LogP contribution in [0.25, 0.3) is 11.3 Å². The molecule has 8 rings (SSSR count). The number of benzene rings is 2. The number of rotatable bonds is 10. The largest absolute Gasteiger partial charge is 0.484 e. The van der Waals surface area contributed by atoms with Crippen molar-refractivity contribution in [2.75, 3.05) is 23.1 Å². The number of hydroxylamine groups is 1. The van der Waals surface area contributed by atoms with Gasteiger partial charge < -0.3 is 19.8 Å². The molecule has 5 heterocycles. The molecule has 0 radical (unpaired) electrons. The Morgan fingerprint density at radius 1 is 0.947 bits per heavy atom. The zero-order valence-electron chi connectivity index (χ0n) is 33.4. The standard InChI is InChI=1S/C43H52FN9O4/c1-28-11-10-12-29(2)51(28)41-47-46-39-20-16-31(26-50(39)41)57-37-19-18-35(32-13-6-7-14-33(32)37)45-42(55)53(56-27-54)40-24-38(43(3,4)5)48-52(40)36-23-30(15-17-34(36)44)25-49-21-8-9-22-49/h6-7,13-17,20,23-24,26-29,35,37H,8-12,18-19,21-22,25H2,1-5H3,(H,45,55)/t28-,29+,35-,37+/m0/s1. The monoisotopic (exact) mass is 777 g/mol. The molecule has 13 nitrogen and oxygen atoms in total. The number of fused-ring (bicyclic) bond motifs is 2. The Morgan fingerprint density at radius 2 is 1.70 bits per heavy atom. The van der Waals surface area contributed by atoms with E-state index in [1.807, 2.05) is 67.8 Å². The Balaban J connectivity index is 1.05. The molecule has 2 aromatic carbocycles. The summed E-state index contributed by atoms with van der Waals surface area (Å²) in [5.41, 5.74) is 3.79. The third kappa shape index (κ3) is 7.79. The van der Waals surface area contributed by atoms with Crippen LogP contribution in [-0.2, 0) is 21.6 Å². The van der Waals surface area contributed by atoms with Crippen LogP contribution in [0.4, 0.5) is 21.0 Å². The normalized spacial score (nSPS) is 21.3. The lowest BCUT2D eigenvalue weighted by atomic mass is 9.85. The second-order valence-corrected chi connectivity index (χ2v) is 16.8. The maximum Gasteiger partial charge on any atom is 0.357 e. The fourth-order valence-corrected chi connectivity index (χ4v) is 8.64. The Kier molecular flexibility index (Phi) is 10.6. The van der Waals surface area contributed by atoms with Crippen LogP contribution < -0.4 is 20.0 Å². The maximum absolute atomic E-state index is 15.7. The number of carbonyl (C=O) groups is 2. The third-order valence-electron chi connectivity index (χ3n) is 11.6. The van der Waals surface area contributed by atoms with Crippen molar-refractivity contribution in [2.24, 2.45) is 0 Å². The lowest BCUT2D eigenvalue weighted by Gasteiger charge is -2.39. The van der Waals surface area contributed by atoms with Crippen LogP contribution in [0, 0.1) is 5.82 Å². The summed E-state index contributed by atoms with van der Waals surface area (Å²) in [6.07, 6.45) is 8.52. The number of urea groups is 1. The van der Waals surface area contributed by atoms with E-state index in [-0.39, 0.29) is 24.1 Å². The molecule has 0 bridgehead atoms. The molecule has 57 heavy (non-hydrogen) atoms. The minimum Gasteiger partial charge on any atom is -0.484 e. The van der Waals surface area contributed by atoms with Crippen LogP contribution in [0.2, 0.25) is 0 Å². The van der Waals surface area contributed by atoms with Crippen LogP contribution in [0.15, 0.2) is 66.9 Å². The van der Waals surface area contributed by atoms with E-state index in [2.05, 4.69) is 39.2 Å². The average molecular weight is 778 g/mol. The van der Waals surface area contributed by atoms with Gasteiger partial charge in [0.1, 0.15) is 23.4 Å². The van der Waals surface area contributed by atoms with Crippen molar-refractivity contribution in [1.29, 1.82) is 0 Å². The molecule has 1 aliphatic carbocycles. The highest BCUT2D eigenvalue weighted by atomic mass is 19.1. The summed E-state index contributed by atoms with van der Waals surface area (Å²) < 4.78 is 25.8. The fourth-order valence-electron chi connectivity index (χ4n) is 8.64. The first-order chi connectivity index (χ1) is 27.5. The SMILES string of the molecule is C[C@@H]1CCC[C@H](C)N1c1nnc2ccc(O[C@@H]3CC[C@H](NC(=O)N(OC=O)c4cc(C(C)(C)C)nn4-c4cc(CN5CCCC5)ccc4F)c4ccccc43)cn12. The number of nitrogens with zero attached hydrogens (tertiary/aromatic N) is 8. The Labute approximate surface area is 332 Å². The molecule has 2 fully saturated rings. The number of amides is 2. The quantitative estimate of drug-likeness (QED) is 0.111. The van der Waals surface area contributed by atoms with Gasteiger partial charge in [0, 0.05) is 30.1 Å². The Bertz CT molecular complexity index is 2230. The molecule has 0 saturated carbocycles. The summed E-state index contributed by atoms with van der Waals surface area (Å²) in [6.45, 7) is 13.2. The van der Waals surface area contributed by atoms with E-state index in [1.165, 1.54) is 17.2 Å². The number of hydrogen-bond acceptors (Lipinski definition) is 9. The molecule has 2 amide bonds. The summed E-state index contributed by atoms with van der Waals surface area (Å²) in [5.74, 6) is 1.09. The van der Waals surface area contributed by atoms with Crippen molar-refractivity contribution >= 4 is 29.9 Å². The zero-order chi connectivity index (χ0) is 39.8. The molecule has 3 aliphatic rings. The predicted molar refractivity (Wildman–Crippen MR) is 215 cm³/mol. The molecule has 0 unspecified atom stereocenters. The highest BCUT2D eigenvalue weighted by Crippen LogP contribution is 2.40. The summed E-state index contributed by atoms with van der Waals surface area (Å²) in [7, 11) is 0. The third-order valence-corrected chi connectivity index (χ3v) is 11.6. The van der Waals surface area contributed by atoms with Gasteiger partial charge in [0.25, 0.3) is 0 Å². The van der Waals surface area contributed by atoms with Gasteiger partial charge in [-0.3, -0.25) is 14.1 Å². The molecule has 4 atom stereocenters. The fraction of sp³-hybridized carbons (Fsp3) is 0.465. The van der Waals surface area contributed by atoms with E-state index in [1.54, 1.807) is 18.2 Å². The number of carbonyl (C=O) groups excluding carboxylic acids is 2. The number of halogens is 1. The van der Waals surface area contributed by atoms with Gasteiger partial charge in [0.15, 0.2) is 11.5 Å². The van der Waals surface area contributed by atoms with Crippen LogP contribution in [0.1, 0.15) is 114 Å². The molecule has 5 aromatic rings. The molecular weight excluding hydrogens is 726 g/mol. The minimum absolute atomic E-state index is 0.101. The van der Waals surface area contributed by atoms with E-state index in [0.29, 0.717) is 42.9 Å². The average Bonchev–Trinajstić information content (AvgIpc) is 3.97. The van der Waals surface area contributed by atoms with Crippen molar-refractivity contribution in [3.63, 3.8) is 0 Å². The van der Waals surface area contributed by atoms with E-state index >= 15 is 4.39 Å². The first-order valence-electron chi connectivity index (χ1n) is 20.2. The number of anilines is 2. The Hall–Kier alpha value is -5.50. The van der Waals surface area contributed by atoms with E-state index < -0.39 is 23.3 Å². The van der Waals surface area contributed by atoms with Crippen LogP contribution >= 0.6 is 0 Å². The number of piperidine rings is 1. The van der Waals surface area contributed by atoms with Crippen LogP contribution in [-0.4, -0.2) is 67.0 Å². The number of aromatic nitrogens is 5. The van der Waals surface area contributed by atoms with Crippen molar-refractivity contribution in [3.8, 4) is 11.4 Å². The Morgan fingerprint density at radius 3 is 2.44 bits per heavy atom. The zero-order valence-corrected chi connectivity index (χ0v) is 33.4. The second kappa shape index (κ2) is 15.8. The smallest absolute Gasteiger partial charge is 0.357 e. The van der Waals surface area contributed by atoms with Crippen LogP contribution in [0.5, 0.6) is 5.75 Å². The predicted octanol–water partition coefficient (Wildman–Crippen LogP) is 7.97. The number of ether oxygens (including phenoxy) is 1. The highest BCUT2D eigenvalue weighted by molar-refractivity contribution is 5.90. The van der Waals surface area contributed by atoms with E-state index in [0.717, 1.165) is 72.1 Å². The van der Waals surface area contributed by atoms with E-state index in [4.69, 9.17) is 14.7 Å². The van der Waals surface area contributed by atoms with Gasteiger partial charge in [-0.2, -0.15) is 5.10 Å². The number of likely N-dealkylation sites (tertiary alicyclic amines) is 1. The van der Waals surface area contributed by atoms with Gasteiger partial charge in [-0.1, -0.05) is 51.1 Å². The summed E-state index contributed by atoms with van der Waals surface area (Å²) >= 11 is 0. The van der Waals surface area contributed by atoms with Gasteiger partial charge in [-0.05, 0) is 113 Å². The first kappa shape index (κ1) is 38.4. The summed E-state index contributed by atoms with van der Waals surface area (Å²) in [4.78, 5) is 36.3. The molecule has 0 spiro atoms. The van der Waals surface area contributed by atoms with Crippen molar-refractivity contribution in [1.82, 2.24) is 34.6 Å². The van der Waals surface area contributed by atoms with Gasteiger partial charge in [-0.25, -0.2) is 13.9 Å². The maximum atomic E-state index is 15.7. The number of hydrogen-bond donors (Lipinski definition) is 1. The van der Waals surface area contributed by atoms with Gasteiger partial charge in [0.05, 0.1) is 17.9 Å². The van der Waals surface area contributed by atoms with Gasteiger partial charge >= 0.3 is 12.5 Å². The molecule has 300 valence electrons. The van der Waals surface area contributed by atoms with Crippen LogP contribution in [0.3, 0.4) is 0 Å². The minimum atomic E-state index is -0.691. The summed E-state index contributed by atoms with van der Waals surface area (Å²) in [6, 6.07) is 17.9. The number of pyridine rings is 1. The lowest BCUT2D eigenvalue weighted by Crippen LogP contribution is -2.44. The molecular formula is C43H52FN9O4. The molecule has 2 aliphatic heterocycles. The highest BCUT2D eigenvalue weighted by Gasteiger charge is 2.34. The van der Waals surface area contributed by atoms with Gasteiger partial charge in [0.2, 0.25) is 5.95 Å². The van der Waals surface area contributed by atoms with Crippen molar-refractivity contribution in [2.45, 2.75) is 116 Å². The van der Waals surface area contributed by atoms with Gasteiger partial charge in [-0.15, -0.1) is 15.3 Å². The van der Waals surface area contributed by atoms with Crippen molar-refractivity contribution in [3.05, 3.63) is 95.1 Å². The number of nitrogens with one attached hydrogen (secondary N) is 1. The molecule has 3 aromatic heterocycles. The second-order valence-electron chi connectivity index (χ2n) is 16.8. The van der Waals surface area contributed by atoms with Crippen molar-refractivity contribution < 1.29 is 23.6 Å². The first-order valence-corrected chi connectivity index (χ1v) is 20.2. The topological polar surface area (TPSA) is 122 Å². The summed E-state index contributed by atoms with van der Waals surface area (Å²) in [5, 5.41) is 17.8. The molecule has 1 N–H and O–H groups in total. The molecule has 14 heteroatoms. The molecule has 2 saturated heterocycles. The van der Waals surface area contributed by atoms with E-state index in [9.17, 15) is 9.59 Å². The lowest BCUT2D eigenvalue weighted by molar-refractivity contribution is -0.129.